The summed E-state index contributed by atoms with van der Waals surface area (Å²) in [6.07, 6.45) is -0.377. The van der Waals surface area contributed by atoms with Crippen LogP contribution in [0, 0.1) is 6.92 Å². The Morgan fingerprint density at radius 2 is 2.15 bits per heavy atom. The SMILES string of the molecule is CCNC(=O)NC(=O)C(C)Oc1ccc(C)nc1C=O. The molecule has 1 unspecified atom stereocenters. The molecule has 0 aromatic carbocycles. The standard InChI is InChI=1S/C13H17N3O4/c1-4-14-13(19)16-12(18)9(3)20-11-6-5-8(2)15-10(11)7-17/h5-7,9H,4H2,1-3H3,(H2,14,16,18,19). The number of hydrogen-bond acceptors (Lipinski definition) is 5. The first-order valence-corrected chi connectivity index (χ1v) is 6.16. The van der Waals surface area contributed by atoms with E-state index in [0.717, 1.165) is 0 Å². The maximum Gasteiger partial charge on any atom is 0.321 e. The van der Waals surface area contributed by atoms with Crippen LogP contribution >= 0.6 is 0 Å². The second-order valence-corrected chi connectivity index (χ2v) is 4.06. The van der Waals surface area contributed by atoms with E-state index in [1.54, 1.807) is 26.0 Å². The molecule has 0 aliphatic rings. The molecular weight excluding hydrogens is 262 g/mol. The van der Waals surface area contributed by atoms with E-state index in [1.165, 1.54) is 6.92 Å². The molecule has 0 spiro atoms. The van der Waals surface area contributed by atoms with Crippen molar-refractivity contribution in [1.29, 1.82) is 0 Å². The smallest absolute Gasteiger partial charge is 0.321 e. The van der Waals surface area contributed by atoms with Gasteiger partial charge in [0.15, 0.2) is 12.4 Å². The number of pyridine rings is 1. The predicted octanol–water partition coefficient (Wildman–Crippen LogP) is 0.816. The van der Waals surface area contributed by atoms with Gasteiger partial charge in [0.1, 0.15) is 11.4 Å². The van der Waals surface area contributed by atoms with Gasteiger partial charge in [0.25, 0.3) is 5.91 Å². The molecule has 0 aliphatic heterocycles. The molecule has 1 aromatic heterocycles. The Labute approximate surface area is 116 Å². The summed E-state index contributed by atoms with van der Waals surface area (Å²) in [5.41, 5.74) is 0.779. The van der Waals surface area contributed by atoms with Crippen molar-refractivity contribution >= 4 is 18.2 Å². The Morgan fingerprint density at radius 1 is 1.45 bits per heavy atom. The van der Waals surface area contributed by atoms with Gasteiger partial charge in [-0.25, -0.2) is 9.78 Å². The average molecular weight is 279 g/mol. The fourth-order valence-electron chi connectivity index (χ4n) is 1.41. The molecule has 2 N–H and O–H groups in total. The lowest BCUT2D eigenvalue weighted by Gasteiger charge is -2.15. The summed E-state index contributed by atoms with van der Waals surface area (Å²) in [6.45, 7) is 5.36. The fraction of sp³-hybridized carbons (Fsp3) is 0.385. The van der Waals surface area contributed by atoms with Gasteiger partial charge in [-0.3, -0.25) is 14.9 Å². The monoisotopic (exact) mass is 279 g/mol. The molecule has 108 valence electrons. The van der Waals surface area contributed by atoms with E-state index in [1.807, 2.05) is 0 Å². The molecule has 1 rings (SSSR count). The summed E-state index contributed by atoms with van der Waals surface area (Å²) >= 11 is 0. The zero-order chi connectivity index (χ0) is 15.1. The number of carbonyl (C=O) groups excluding carboxylic acids is 3. The lowest BCUT2D eigenvalue weighted by Crippen LogP contribution is -2.45. The number of aryl methyl sites for hydroxylation is 1. The quantitative estimate of drug-likeness (QED) is 0.777. The minimum absolute atomic E-state index is 0.114. The highest BCUT2D eigenvalue weighted by Crippen LogP contribution is 2.16. The molecule has 1 atom stereocenters. The van der Waals surface area contributed by atoms with Crippen LogP contribution in [0.2, 0.25) is 0 Å². The third-order valence-electron chi connectivity index (χ3n) is 2.38. The summed E-state index contributed by atoms with van der Waals surface area (Å²) in [4.78, 5) is 37.8. The Morgan fingerprint density at radius 3 is 2.75 bits per heavy atom. The van der Waals surface area contributed by atoms with E-state index in [4.69, 9.17) is 4.74 Å². The number of nitrogens with zero attached hydrogens (tertiary/aromatic N) is 1. The number of carbonyl (C=O) groups is 3. The normalized spacial score (nSPS) is 11.3. The molecule has 0 saturated carbocycles. The molecule has 3 amide bonds. The minimum Gasteiger partial charge on any atom is -0.478 e. The zero-order valence-corrected chi connectivity index (χ0v) is 11.6. The maximum atomic E-state index is 11.7. The number of amides is 3. The lowest BCUT2D eigenvalue weighted by molar-refractivity contribution is -0.126. The third kappa shape index (κ3) is 4.34. The summed E-state index contributed by atoms with van der Waals surface area (Å²) in [7, 11) is 0. The average Bonchev–Trinajstić information content (AvgIpc) is 2.40. The minimum atomic E-state index is -0.930. The van der Waals surface area contributed by atoms with Gasteiger partial charge >= 0.3 is 6.03 Å². The van der Waals surface area contributed by atoms with E-state index < -0.39 is 18.0 Å². The topological polar surface area (TPSA) is 97.4 Å². The first-order chi connectivity index (χ1) is 9.47. The van der Waals surface area contributed by atoms with Crippen molar-refractivity contribution in [1.82, 2.24) is 15.6 Å². The second-order valence-electron chi connectivity index (χ2n) is 4.06. The molecule has 0 radical (unpaired) electrons. The fourth-order valence-corrected chi connectivity index (χ4v) is 1.41. The number of aromatic nitrogens is 1. The van der Waals surface area contributed by atoms with Gasteiger partial charge in [-0.05, 0) is 32.9 Å². The van der Waals surface area contributed by atoms with Crippen molar-refractivity contribution in [3.63, 3.8) is 0 Å². The van der Waals surface area contributed by atoms with Gasteiger partial charge < -0.3 is 10.1 Å². The van der Waals surface area contributed by atoms with Crippen LogP contribution in [-0.4, -0.2) is 35.9 Å². The van der Waals surface area contributed by atoms with Gasteiger partial charge in [-0.1, -0.05) is 0 Å². The number of ether oxygens (including phenoxy) is 1. The van der Waals surface area contributed by atoms with Crippen molar-refractivity contribution in [3.8, 4) is 5.75 Å². The van der Waals surface area contributed by atoms with Crippen LogP contribution in [0.1, 0.15) is 30.0 Å². The molecule has 20 heavy (non-hydrogen) atoms. The Bertz CT molecular complexity index is 516. The van der Waals surface area contributed by atoms with Gasteiger partial charge in [0.05, 0.1) is 0 Å². The molecule has 7 heteroatoms. The van der Waals surface area contributed by atoms with E-state index in [-0.39, 0.29) is 11.4 Å². The highest BCUT2D eigenvalue weighted by Gasteiger charge is 2.18. The summed E-state index contributed by atoms with van der Waals surface area (Å²) < 4.78 is 5.35. The van der Waals surface area contributed by atoms with Crippen LogP contribution in [0.5, 0.6) is 5.75 Å². The van der Waals surface area contributed by atoms with Gasteiger partial charge in [-0.2, -0.15) is 0 Å². The molecule has 1 aromatic rings. The Hall–Kier alpha value is -2.44. The predicted molar refractivity (Wildman–Crippen MR) is 71.7 cm³/mol. The van der Waals surface area contributed by atoms with E-state index in [9.17, 15) is 14.4 Å². The summed E-state index contributed by atoms with van der Waals surface area (Å²) in [6, 6.07) is 2.63. The molecular formula is C13H17N3O4. The highest BCUT2D eigenvalue weighted by atomic mass is 16.5. The van der Waals surface area contributed by atoms with Gasteiger partial charge in [0.2, 0.25) is 0 Å². The lowest BCUT2D eigenvalue weighted by atomic mass is 10.3. The Balaban J connectivity index is 2.70. The van der Waals surface area contributed by atoms with Gasteiger partial charge in [-0.15, -0.1) is 0 Å². The molecule has 1 heterocycles. The largest absolute Gasteiger partial charge is 0.478 e. The van der Waals surface area contributed by atoms with Crippen LogP contribution in [0.25, 0.3) is 0 Å². The Kier molecular flexibility index (Phi) is 5.64. The molecule has 0 bridgehead atoms. The van der Waals surface area contributed by atoms with E-state index in [2.05, 4.69) is 15.6 Å². The number of urea groups is 1. The van der Waals surface area contributed by atoms with Crippen LogP contribution in [0.15, 0.2) is 12.1 Å². The number of rotatable bonds is 5. The molecule has 0 fully saturated rings. The maximum absolute atomic E-state index is 11.7. The zero-order valence-electron chi connectivity index (χ0n) is 11.6. The third-order valence-corrected chi connectivity index (χ3v) is 2.38. The van der Waals surface area contributed by atoms with Crippen LogP contribution in [-0.2, 0) is 4.79 Å². The summed E-state index contributed by atoms with van der Waals surface area (Å²) in [5, 5.41) is 4.56. The van der Waals surface area contributed by atoms with E-state index >= 15 is 0 Å². The van der Waals surface area contributed by atoms with E-state index in [0.29, 0.717) is 18.5 Å². The number of aldehydes is 1. The number of imide groups is 1. The van der Waals surface area contributed by atoms with Crippen LogP contribution in [0.3, 0.4) is 0 Å². The van der Waals surface area contributed by atoms with Crippen LogP contribution < -0.4 is 15.4 Å². The van der Waals surface area contributed by atoms with Crippen molar-refractivity contribution in [2.24, 2.45) is 0 Å². The second kappa shape index (κ2) is 7.22. The van der Waals surface area contributed by atoms with Gasteiger partial charge in [0, 0.05) is 12.2 Å². The number of nitrogens with one attached hydrogen (secondary N) is 2. The van der Waals surface area contributed by atoms with Crippen molar-refractivity contribution < 1.29 is 19.1 Å². The van der Waals surface area contributed by atoms with Crippen molar-refractivity contribution in [2.75, 3.05) is 6.54 Å². The highest BCUT2D eigenvalue weighted by molar-refractivity contribution is 5.96. The first kappa shape index (κ1) is 15.6. The van der Waals surface area contributed by atoms with Crippen LogP contribution in [0.4, 0.5) is 4.79 Å². The first-order valence-electron chi connectivity index (χ1n) is 6.16. The summed E-state index contributed by atoms with van der Waals surface area (Å²) in [5.74, 6) is -0.405. The van der Waals surface area contributed by atoms with Crippen molar-refractivity contribution in [2.45, 2.75) is 26.9 Å². The molecule has 0 aliphatic carbocycles. The molecule has 0 saturated heterocycles. The number of hydrogen-bond donors (Lipinski definition) is 2. The molecule has 7 nitrogen and oxygen atoms in total. The van der Waals surface area contributed by atoms with Crippen molar-refractivity contribution in [3.05, 3.63) is 23.5 Å².